The largest absolute Gasteiger partial charge is 0.357 e. The minimum absolute atomic E-state index is 0.193. The number of nitrogens with zero attached hydrogens (tertiary/aromatic N) is 2. The third-order valence-corrected chi connectivity index (χ3v) is 6.28. The molecule has 1 atom stereocenters. The normalized spacial score (nSPS) is 12.3. The third-order valence-electron chi connectivity index (χ3n) is 5.14. The third kappa shape index (κ3) is 6.55. The zero-order valence-corrected chi connectivity index (χ0v) is 19.5. The molecule has 0 radical (unpaired) electrons. The monoisotopic (exact) mass is 445 g/mol. The van der Waals surface area contributed by atoms with Crippen LogP contribution in [0.5, 0.6) is 0 Å². The van der Waals surface area contributed by atoms with Crippen LogP contribution in [0.1, 0.15) is 37.8 Å². The van der Waals surface area contributed by atoms with Gasteiger partial charge in [-0.2, -0.15) is 0 Å². The molecule has 31 heavy (non-hydrogen) atoms. The summed E-state index contributed by atoms with van der Waals surface area (Å²) in [5.41, 5.74) is 2.33. The quantitative estimate of drug-likeness (QED) is 0.643. The maximum Gasteiger partial charge on any atom is 0.244 e. The number of likely N-dealkylation sites (N-methyl/N-ethyl adjacent to an activating group) is 1. The molecule has 168 valence electrons. The highest BCUT2D eigenvalue weighted by molar-refractivity contribution is 7.92. The molecule has 0 aromatic heterocycles. The summed E-state index contributed by atoms with van der Waals surface area (Å²) in [5, 5.41) is 2.55. The van der Waals surface area contributed by atoms with E-state index in [9.17, 15) is 18.0 Å². The smallest absolute Gasteiger partial charge is 0.244 e. The Kier molecular flexibility index (Phi) is 8.21. The van der Waals surface area contributed by atoms with Gasteiger partial charge in [0.25, 0.3) is 0 Å². The van der Waals surface area contributed by atoms with Crippen molar-refractivity contribution >= 4 is 27.5 Å². The van der Waals surface area contributed by atoms with Crippen LogP contribution in [-0.2, 0) is 26.2 Å². The van der Waals surface area contributed by atoms with Crippen LogP contribution < -0.4 is 9.62 Å². The summed E-state index contributed by atoms with van der Waals surface area (Å²) in [7, 11) is -2.22. The van der Waals surface area contributed by atoms with E-state index in [4.69, 9.17) is 0 Å². The molecule has 2 rings (SSSR count). The van der Waals surface area contributed by atoms with Crippen molar-refractivity contribution in [2.45, 2.75) is 39.3 Å². The van der Waals surface area contributed by atoms with E-state index >= 15 is 0 Å². The first-order valence-corrected chi connectivity index (χ1v) is 12.0. The Morgan fingerprint density at radius 3 is 2.03 bits per heavy atom. The van der Waals surface area contributed by atoms with Crippen molar-refractivity contribution in [1.82, 2.24) is 10.2 Å². The molecule has 2 aromatic rings. The lowest BCUT2D eigenvalue weighted by atomic mass is 10.0. The first-order chi connectivity index (χ1) is 14.5. The predicted molar refractivity (Wildman–Crippen MR) is 123 cm³/mol. The maximum absolute atomic E-state index is 13.3. The molecule has 0 heterocycles. The highest BCUT2D eigenvalue weighted by Crippen LogP contribution is 2.22. The molecule has 0 saturated carbocycles. The summed E-state index contributed by atoms with van der Waals surface area (Å²) in [4.78, 5) is 26.9. The Bertz CT molecular complexity index is 989. The fourth-order valence-electron chi connectivity index (χ4n) is 3.21. The van der Waals surface area contributed by atoms with Gasteiger partial charge >= 0.3 is 0 Å². The number of hydrogen-bond donors (Lipinski definition) is 1. The molecule has 0 spiro atoms. The second-order valence-electron chi connectivity index (χ2n) is 7.81. The van der Waals surface area contributed by atoms with E-state index in [1.807, 2.05) is 42.5 Å². The molecular formula is C23H31N3O4S. The summed E-state index contributed by atoms with van der Waals surface area (Å²) in [5.74, 6) is -0.480. The predicted octanol–water partition coefficient (Wildman–Crippen LogP) is 2.74. The second-order valence-corrected chi connectivity index (χ2v) is 9.72. The minimum atomic E-state index is -3.72. The molecule has 8 heteroatoms. The van der Waals surface area contributed by atoms with Gasteiger partial charge in [0, 0.05) is 13.6 Å². The van der Waals surface area contributed by atoms with Gasteiger partial charge in [-0.1, -0.05) is 56.3 Å². The van der Waals surface area contributed by atoms with E-state index in [-0.39, 0.29) is 12.5 Å². The van der Waals surface area contributed by atoms with Crippen LogP contribution in [0.2, 0.25) is 0 Å². The Hall–Kier alpha value is -2.87. The van der Waals surface area contributed by atoms with Crippen molar-refractivity contribution in [3.05, 3.63) is 65.7 Å². The molecule has 0 aliphatic heterocycles. The van der Waals surface area contributed by atoms with Gasteiger partial charge < -0.3 is 10.2 Å². The van der Waals surface area contributed by atoms with Gasteiger partial charge in [0.2, 0.25) is 21.8 Å². The lowest BCUT2D eigenvalue weighted by Gasteiger charge is -2.31. The Morgan fingerprint density at radius 1 is 0.968 bits per heavy atom. The van der Waals surface area contributed by atoms with Crippen LogP contribution in [0, 0.1) is 0 Å². The van der Waals surface area contributed by atoms with Gasteiger partial charge in [0.15, 0.2) is 0 Å². The van der Waals surface area contributed by atoms with Crippen LogP contribution in [0.15, 0.2) is 54.6 Å². The van der Waals surface area contributed by atoms with Crippen LogP contribution in [0.4, 0.5) is 5.69 Å². The number of sulfonamides is 1. The van der Waals surface area contributed by atoms with Crippen molar-refractivity contribution in [2.24, 2.45) is 0 Å². The van der Waals surface area contributed by atoms with Gasteiger partial charge in [-0.15, -0.1) is 0 Å². The average molecular weight is 446 g/mol. The first kappa shape index (κ1) is 24.4. The molecule has 1 N–H and O–H groups in total. The van der Waals surface area contributed by atoms with Crippen molar-refractivity contribution in [1.29, 1.82) is 0 Å². The molecule has 2 aromatic carbocycles. The fraction of sp³-hybridized carbons (Fsp3) is 0.391. The van der Waals surface area contributed by atoms with E-state index in [0.29, 0.717) is 11.6 Å². The average Bonchev–Trinajstić information content (AvgIpc) is 2.74. The fourth-order valence-corrected chi connectivity index (χ4v) is 4.06. The number of rotatable bonds is 9. The standard InChI is InChI=1S/C23H31N3O4S/c1-17(2)20-11-13-21(14-12-20)26(31(5,29)30)16-22(27)25(18(3)23(28)24-4)15-19-9-7-6-8-10-19/h6-14,17-18H,15-16H2,1-5H3,(H,24,28). The summed E-state index contributed by atoms with van der Waals surface area (Å²) >= 11 is 0. The molecule has 0 aliphatic carbocycles. The number of anilines is 1. The summed E-state index contributed by atoms with van der Waals surface area (Å²) in [6.07, 6.45) is 1.07. The number of nitrogens with one attached hydrogen (secondary N) is 1. The molecule has 1 unspecified atom stereocenters. The highest BCUT2D eigenvalue weighted by Gasteiger charge is 2.29. The molecule has 2 amide bonds. The van der Waals surface area contributed by atoms with E-state index < -0.39 is 28.5 Å². The van der Waals surface area contributed by atoms with E-state index in [1.165, 1.54) is 11.9 Å². The zero-order valence-electron chi connectivity index (χ0n) is 18.7. The number of benzene rings is 2. The van der Waals surface area contributed by atoms with E-state index in [2.05, 4.69) is 19.2 Å². The van der Waals surface area contributed by atoms with Crippen LogP contribution >= 0.6 is 0 Å². The van der Waals surface area contributed by atoms with Crippen molar-refractivity contribution in [3.63, 3.8) is 0 Å². The van der Waals surface area contributed by atoms with Gasteiger partial charge in [0.1, 0.15) is 12.6 Å². The van der Waals surface area contributed by atoms with Gasteiger partial charge in [-0.3, -0.25) is 13.9 Å². The van der Waals surface area contributed by atoms with Gasteiger partial charge in [-0.25, -0.2) is 8.42 Å². The van der Waals surface area contributed by atoms with Crippen LogP contribution in [-0.4, -0.2) is 51.0 Å². The Balaban J connectivity index is 2.35. The second kappa shape index (κ2) is 10.4. The Morgan fingerprint density at radius 2 is 1.55 bits per heavy atom. The molecule has 7 nitrogen and oxygen atoms in total. The molecule has 0 saturated heterocycles. The SMILES string of the molecule is CNC(=O)C(C)N(Cc1ccccc1)C(=O)CN(c1ccc(C(C)C)cc1)S(C)(=O)=O. The first-order valence-electron chi connectivity index (χ1n) is 10.2. The molecule has 0 fully saturated rings. The van der Waals surface area contributed by atoms with E-state index in [1.54, 1.807) is 19.1 Å². The topological polar surface area (TPSA) is 86.8 Å². The van der Waals surface area contributed by atoms with Crippen LogP contribution in [0.3, 0.4) is 0 Å². The van der Waals surface area contributed by atoms with Crippen molar-refractivity contribution in [3.8, 4) is 0 Å². The maximum atomic E-state index is 13.3. The Labute approximate surface area is 185 Å². The number of amides is 2. The number of hydrogen-bond acceptors (Lipinski definition) is 4. The highest BCUT2D eigenvalue weighted by atomic mass is 32.2. The van der Waals surface area contributed by atoms with Crippen LogP contribution in [0.25, 0.3) is 0 Å². The van der Waals surface area contributed by atoms with Gasteiger partial charge in [0.05, 0.1) is 11.9 Å². The number of carbonyl (C=O) groups is 2. The molecule has 0 aliphatic rings. The van der Waals surface area contributed by atoms with Crippen molar-refractivity contribution < 1.29 is 18.0 Å². The zero-order chi connectivity index (χ0) is 23.2. The summed E-state index contributed by atoms with van der Waals surface area (Å²) in [6.45, 7) is 5.52. The lowest BCUT2D eigenvalue weighted by molar-refractivity contribution is -0.139. The lowest BCUT2D eigenvalue weighted by Crippen LogP contribution is -2.50. The summed E-state index contributed by atoms with van der Waals surface area (Å²) < 4.78 is 26.1. The molecule has 0 bridgehead atoms. The summed E-state index contributed by atoms with van der Waals surface area (Å²) in [6, 6.07) is 15.6. The van der Waals surface area contributed by atoms with E-state index in [0.717, 1.165) is 21.7 Å². The molecular weight excluding hydrogens is 414 g/mol. The van der Waals surface area contributed by atoms with Crippen molar-refractivity contribution in [2.75, 3.05) is 24.2 Å². The number of carbonyl (C=O) groups excluding carboxylic acids is 2. The minimum Gasteiger partial charge on any atom is -0.357 e. The van der Waals surface area contributed by atoms with Gasteiger partial charge in [-0.05, 0) is 36.1 Å².